The molecule has 0 bridgehead atoms. The Morgan fingerprint density at radius 3 is 2.44 bits per heavy atom. The second kappa shape index (κ2) is 12.4. The van der Waals surface area contributed by atoms with Crippen LogP contribution in [-0.2, 0) is 6.42 Å². The van der Waals surface area contributed by atoms with Crippen molar-refractivity contribution < 1.29 is 14.6 Å². The van der Waals surface area contributed by atoms with E-state index in [0.29, 0.717) is 23.3 Å². The summed E-state index contributed by atoms with van der Waals surface area (Å²) in [7, 11) is 4.27. The molecule has 1 aromatic carbocycles. The Bertz CT molecular complexity index is 1190. The second-order valence-corrected chi connectivity index (χ2v) is 8.87. The van der Waals surface area contributed by atoms with E-state index in [0.717, 1.165) is 46.8 Å². The summed E-state index contributed by atoms with van der Waals surface area (Å²) in [5.74, 6) is 3.35. The van der Waals surface area contributed by atoms with Crippen molar-refractivity contribution in [2.24, 2.45) is 0 Å². The Labute approximate surface area is 207 Å². The van der Waals surface area contributed by atoms with Crippen molar-refractivity contribution in [2.45, 2.75) is 20.3 Å². The smallest absolute Gasteiger partial charge is 0.239 e. The van der Waals surface area contributed by atoms with Crippen molar-refractivity contribution in [1.82, 2.24) is 24.7 Å². The van der Waals surface area contributed by atoms with Crippen LogP contribution < -0.4 is 14.2 Å². The quantitative estimate of drug-likeness (QED) is 0.256. The Balaban J connectivity index is 0.00000158. The van der Waals surface area contributed by atoms with Gasteiger partial charge in [-0.3, -0.25) is 14.3 Å². The minimum Gasteiger partial charge on any atom is -0.494 e. The van der Waals surface area contributed by atoms with Crippen LogP contribution >= 0.6 is 23.3 Å². The zero-order valence-corrected chi connectivity index (χ0v) is 21.4. The lowest BCUT2D eigenvalue weighted by Crippen LogP contribution is -2.07. The molecule has 0 aliphatic carbocycles. The van der Waals surface area contributed by atoms with Gasteiger partial charge in [-0.15, -0.1) is 21.5 Å². The van der Waals surface area contributed by atoms with Crippen LogP contribution in [0.25, 0.3) is 17.1 Å². The molecule has 4 rings (SSSR count). The number of hydrogen-bond acceptors (Lipinski definition) is 10. The average Bonchev–Trinajstić information content (AvgIpc) is 3.48. The Kier molecular flexibility index (Phi) is 9.25. The normalized spacial score (nSPS) is 10.4. The van der Waals surface area contributed by atoms with E-state index in [2.05, 4.69) is 30.3 Å². The van der Waals surface area contributed by atoms with Crippen LogP contribution in [0.5, 0.6) is 11.5 Å². The summed E-state index contributed by atoms with van der Waals surface area (Å²) in [6.45, 7) is 4.01. The first-order valence-corrected chi connectivity index (χ1v) is 12.3. The zero-order chi connectivity index (χ0) is 24.5. The van der Waals surface area contributed by atoms with Gasteiger partial charge >= 0.3 is 0 Å². The van der Waals surface area contributed by atoms with Gasteiger partial charge in [0.2, 0.25) is 5.95 Å². The number of methoxy groups -OCH3 is 2. The number of nitrogens with one attached hydrogen (secondary N) is 1. The molecule has 180 valence electrons. The molecule has 4 aromatic rings. The third kappa shape index (κ3) is 5.85. The minimum atomic E-state index is 0.574. The SMILES string of the molecule is CO.COc1cccc(OC)c1-n1c(NSCCc2nc(C)cs2)nnc1-c1cncc(C)c1. The lowest BCUT2D eigenvalue weighted by Gasteiger charge is -2.17. The summed E-state index contributed by atoms with van der Waals surface area (Å²) < 4.78 is 16.6. The van der Waals surface area contributed by atoms with E-state index in [1.807, 2.05) is 48.9 Å². The molecule has 34 heavy (non-hydrogen) atoms. The van der Waals surface area contributed by atoms with E-state index in [4.69, 9.17) is 14.6 Å². The molecule has 11 heteroatoms. The molecule has 3 heterocycles. The molecule has 0 spiro atoms. The van der Waals surface area contributed by atoms with Crippen molar-refractivity contribution in [3.05, 3.63) is 58.3 Å². The minimum absolute atomic E-state index is 0.574. The first kappa shape index (κ1) is 25.5. The van der Waals surface area contributed by atoms with Crippen LogP contribution in [0.2, 0.25) is 0 Å². The molecule has 2 N–H and O–H groups in total. The van der Waals surface area contributed by atoms with Crippen LogP contribution in [0.3, 0.4) is 0 Å². The fourth-order valence-electron chi connectivity index (χ4n) is 3.25. The van der Waals surface area contributed by atoms with Gasteiger partial charge in [-0.05, 0) is 49.6 Å². The van der Waals surface area contributed by atoms with Gasteiger partial charge < -0.3 is 14.6 Å². The van der Waals surface area contributed by atoms with Crippen molar-refractivity contribution in [2.75, 3.05) is 31.8 Å². The molecule has 0 fully saturated rings. The van der Waals surface area contributed by atoms with E-state index < -0.39 is 0 Å². The molecule has 0 saturated carbocycles. The Morgan fingerprint density at radius 2 is 1.82 bits per heavy atom. The number of nitrogens with zero attached hydrogens (tertiary/aromatic N) is 5. The zero-order valence-electron chi connectivity index (χ0n) is 19.8. The average molecular weight is 501 g/mol. The number of anilines is 1. The van der Waals surface area contributed by atoms with Gasteiger partial charge in [0.25, 0.3) is 0 Å². The number of ether oxygens (including phenoxy) is 2. The molecule has 0 aliphatic rings. The van der Waals surface area contributed by atoms with E-state index >= 15 is 0 Å². The van der Waals surface area contributed by atoms with E-state index in [1.54, 1.807) is 43.7 Å². The number of pyridine rings is 1. The predicted molar refractivity (Wildman–Crippen MR) is 137 cm³/mol. The number of hydrogen-bond donors (Lipinski definition) is 2. The van der Waals surface area contributed by atoms with E-state index in [-0.39, 0.29) is 0 Å². The van der Waals surface area contributed by atoms with E-state index in [1.165, 1.54) is 0 Å². The fourth-order valence-corrected chi connectivity index (χ4v) is 4.81. The molecule has 0 saturated heterocycles. The number of thiazole rings is 1. The maximum absolute atomic E-state index is 7.00. The van der Waals surface area contributed by atoms with Gasteiger partial charge in [0, 0.05) is 48.3 Å². The highest BCUT2D eigenvalue weighted by Crippen LogP contribution is 2.37. The van der Waals surface area contributed by atoms with Crippen molar-refractivity contribution >= 4 is 29.2 Å². The number of aromatic nitrogens is 5. The maximum atomic E-state index is 7.00. The predicted octanol–water partition coefficient (Wildman–Crippen LogP) is 4.33. The molecule has 0 radical (unpaired) electrons. The molecular weight excluding hydrogens is 472 g/mol. The summed E-state index contributed by atoms with van der Waals surface area (Å²) in [6.07, 6.45) is 4.46. The first-order valence-electron chi connectivity index (χ1n) is 10.4. The van der Waals surface area contributed by atoms with Crippen LogP contribution in [0, 0.1) is 13.8 Å². The fraction of sp³-hybridized carbons (Fsp3) is 0.304. The number of benzene rings is 1. The summed E-state index contributed by atoms with van der Waals surface area (Å²) >= 11 is 3.24. The standard InChI is InChI=1S/C22H24N6O2S2.CH4O/c1-14-10-16(12-23-11-14)21-25-26-22(27-32-9-8-19-24-15(2)13-31-19)28(21)20-17(29-3)6-5-7-18(20)30-4;1-2/h5-7,10-13H,8-9H2,1-4H3,(H,26,27);2H,1H3. The molecule has 0 atom stereocenters. The Morgan fingerprint density at radius 1 is 1.09 bits per heavy atom. The maximum Gasteiger partial charge on any atom is 0.239 e. The molecule has 3 aromatic heterocycles. The third-order valence-electron chi connectivity index (χ3n) is 4.67. The van der Waals surface area contributed by atoms with Crippen LogP contribution in [0.4, 0.5) is 5.95 Å². The summed E-state index contributed by atoms with van der Waals surface area (Å²) in [6, 6.07) is 7.68. The molecule has 0 unspecified atom stereocenters. The Hall–Kier alpha value is -3.15. The third-order valence-corrected chi connectivity index (χ3v) is 6.43. The molecule has 0 amide bonds. The van der Waals surface area contributed by atoms with Gasteiger partial charge in [0.1, 0.15) is 17.2 Å². The highest BCUT2D eigenvalue weighted by Gasteiger charge is 2.22. The van der Waals surface area contributed by atoms with Gasteiger partial charge in [0.15, 0.2) is 5.82 Å². The topological polar surface area (TPSA) is 107 Å². The van der Waals surface area contributed by atoms with Gasteiger partial charge in [-0.25, -0.2) is 4.98 Å². The lowest BCUT2D eigenvalue weighted by molar-refractivity contribution is 0.391. The summed E-state index contributed by atoms with van der Waals surface area (Å²) in [5, 5.41) is 19.1. The number of para-hydroxylation sites is 1. The van der Waals surface area contributed by atoms with Crippen molar-refractivity contribution in [1.29, 1.82) is 0 Å². The van der Waals surface area contributed by atoms with E-state index in [9.17, 15) is 0 Å². The molecule has 0 aliphatic heterocycles. The summed E-state index contributed by atoms with van der Waals surface area (Å²) in [5.41, 5.74) is 3.66. The molecule has 9 nitrogen and oxygen atoms in total. The van der Waals surface area contributed by atoms with Crippen molar-refractivity contribution in [3.8, 4) is 28.6 Å². The number of aliphatic hydroxyl groups is 1. The first-order chi connectivity index (χ1) is 16.6. The number of aryl methyl sites for hydroxylation is 3. The summed E-state index contributed by atoms with van der Waals surface area (Å²) in [4.78, 5) is 8.85. The van der Waals surface area contributed by atoms with Crippen molar-refractivity contribution in [3.63, 3.8) is 0 Å². The van der Waals surface area contributed by atoms with Crippen LogP contribution in [0.15, 0.2) is 42.0 Å². The number of rotatable bonds is 9. The number of aliphatic hydroxyl groups excluding tert-OH is 1. The van der Waals surface area contributed by atoms with Gasteiger partial charge in [-0.1, -0.05) is 6.07 Å². The largest absolute Gasteiger partial charge is 0.494 e. The highest BCUT2D eigenvalue weighted by molar-refractivity contribution is 8.00. The van der Waals surface area contributed by atoms with Gasteiger partial charge in [0.05, 0.1) is 19.2 Å². The van der Waals surface area contributed by atoms with Crippen LogP contribution in [-0.4, -0.2) is 56.9 Å². The highest BCUT2D eigenvalue weighted by atomic mass is 32.2. The van der Waals surface area contributed by atoms with Gasteiger partial charge in [-0.2, -0.15) is 0 Å². The second-order valence-electron chi connectivity index (χ2n) is 7.03. The molecular formula is C23H28N6O3S2. The van der Waals surface area contributed by atoms with Crippen LogP contribution in [0.1, 0.15) is 16.3 Å². The monoisotopic (exact) mass is 500 g/mol. The lowest BCUT2D eigenvalue weighted by atomic mass is 10.2.